The molecule has 1 unspecified atom stereocenters. The lowest BCUT2D eigenvalue weighted by Gasteiger charge is -2.27. The molecule has 3 N–H and O–H groups in total. The highest BCUT2D eigenvalue weighted by Crippen LogP contribution is 2.24. The molecule has 3 rings (SSSR count). The normalized spacial score (nSPS) is 12.0. The zero-order chi connectivity index (χ0) is 19.6. The fourth-order valence-corrected chi connectivity index (χ4v) is 3.07. The van der Waals surface area contributed by atoms with Crippen molar-refractivity contribution in [2.24, 2.45) is 0 Å². The molecular formula is C19H20ClN5O2. The molecule has 140 valence electrons. The highest BCUT2D eigenvalue weighted by molar-refractivity contribution is 6.30. The van der Waals surface area contributed by atoms with Gasteiger partial charge in [-0.1, -0.05) is 23.7 Å². The molecule has 7 nitrogen and oxygen atoms in total. The van der Waals surface area contributed by atoms with Crippen LogP contribution in [0.1, 0.15) is 27.5 Å². The van der Waals surface area contributed by atoms with Gasteiger partial charge in [0.25, 0.3) is 5.91 Å². The predicted octanol–water partition coefficient (Wildman–Crippen LogP) is 2.62. The molecule has 8 heteroatoms. The van der Waals surface area contributed by atoms with Crippen molar-refractivity contribution < 1.29 is 9.90 Å². The minimum Gasteiger partial charge on any atom is -0.394 e. The molecule has 0 radical (unpaired) electrons. The maximum Gasteiger partial charge on any atom is 0.255 e. The molecular weight excluding hydrogens is 366 g/mol. The van der Waals surface area contributed by atoms with Crippen molar-refractivity contribution in [1.29, 1.82) is 0 Å². The molecule has 27 heavy (non-hydrogen) atoms. The maximum absolute atomic E-state index is 12.9. The van der Waals surface area contributed by atoms with Crippen molar-refractivity contribution in [2.45, 2.75) is 13.0 Å². The summed E-state index contributed by atoms with van der Waals surface area (Å²) in [6, 6.07) is 8.30. The number of nitrogens with zero attached hydrogens (tertiary/aromatic N) is 4. The number of hydrogen-bond acceptors (Lipinski definition) is 5. The number of benzene rings is 1. The third-order valence-electron chi connectivity index (χ3n) is 4.34. The van der Waals surface area contributed by atoms with Crippen molar-refractivity contribution in [2.75, 3.05) is 19.4 Å². The molecule has 0 aliphatic carbocycles. The van der Waals surface area contributed by atoms with Crippen molar-refractivity contribution >= 4 is 23.5 Å². The Morgan fingerprint density at radius 1 is 1.41 bits per heavy atom. The van der Waals surface area contributed by atoms with Gasteiger partial charge in [0, 0.05) is 36.2 Å². The number of aryl methyl sites for hydroxylation is 1. The van der Waals surface area contributed by atoms with Gasteiger partial charge in [-0.2, -0.15) is 4.98 Å². The quantitative estimate of drug-likeness (QED) is 0.703. The number of carbonyl (C=O) groups excluding carboxylic acids is 1. The first-order valence-electron chi connectivity index (χ1n) is 8.31. The second-order valence-corrected chi connectivity index (χ2v) is 6.65. The number of anilines is 1. The van der Waals surface area contributed by atoms with E-state index in [0.717, 1.165) is 11.1 Å². The first kappa shape index (κ1) is 18.9. The summed E-state index contributed by atoms with van der Waals surface area (Å²) in [5.74, 6) is 0.542. The summed E-state index contributed by atoms with van der Waals surface area (Å²) < 4.78 is 1.72. The standard InChI is InChI=1S/C19H20ClN5O2/c1-12-9-22-19(21)23-17(12)25-7-6-14(10-25)18(27)24(2)16(11-26)13-4-3-5-15(20)8-13/h3-10,16,26H,11H2,1-2H3,(H2,21,22,23). The van der Waals surface area contributed by atoms with E-state index in [1.54, 1.807) is 54.5 Å². The molecule has 0 saturated heterocycles. The fraction of sp³-hybridized carbons (Fsp3) is 0.211. The Balaban J connectivity index is 1.87. The number of amides is 1. The Kier molecular flexibility index (Phi) is 5.43. The average molecular weight is 386 g/mol. The SMILES string of the molecule is Cc1cnc(N)nc1-n1ccc(C(=O)N(C)C(CO)c2cccc(Cl)c2)c1. The van der Waals surface area contributed by atoms with Crippen molar-refractivity contribution in [3.05, 3.63) is 70.6 Å². The van der Waals surface area contributed by atoms with Gasteiger partial charge in [-0.05, 0) is 30.7 Å². The Hall–Kier alpha value is -2.90. The van der Waals surface area contributed by atoms with Gasteiger partial charge >= 0.3 is 0 Å². The van der Waals surface area contributed by atoms with Crippen LogP contribution in [0.25, 0.3) is 5.82 Å². The van der Waals surface area contributed by atoms with Crippen LogP contribution in [0.3, 0.4) is 0 Å². The largest absolute Gasteiger partial charge is 0.394 e. The highest BCUT2D eigenvalue weighted by Gasteiger charge is 2.23. The van der Waals surface area contributed by atoms with Gasteiger partial charge in [-0.15, -0.1) is 0 Å². The topological polar surface area (TPSA) is 97.3 Å². The zero-order valence-corrected chi connectivity index (χ0v) is 15.8. The molecule has 0 aliphatic heterocycles. The third kappa shape index (κ3) is 3.94. The number of halogens is 1. The van der Waals surface area contributed by atoms with E-state index in [-0.39, 0.29) is 18.5 Å². The molecule has 0 spiro atoms. The van der Waals surface area contributed by atoms with E-state index < -0.39 is 6.04 Å². The number of aliphatic hydroxyl groups excluding tert-OH is 1. The number of hydrogen-bond donors (Lipinski definition) is 2. The van der Waals surface area contributed by atoms with E-state index in [2.05, 4.69) is 9.97 Å². The lowest BCUT2D eigenvalue weighted by molar-refractivity contribution is 0.0658. The number of rotatable bonds is 5. The molecule has 3 aromatic rings. The molecule has 0 bridgehead atoms. The van der Waals surface area contributed by atoms with Gasteiger partial charge in [-0.3, -0.25) is 4.79 Å². The fourth-order valence-electron chi connectivity index (χ4n) is 2.87. The summed E-state index contributed by atoms with van der Waals surface area (Å²) in [4.78, 5) is 22.6. The van der Waals surface area contributed by atoms with E-state index in [9.17, 15) is 9.90 Å². The van der Waals surface area contributed by atoms with E-state index in [4.69, 9.17) is 17.3 Å². The lowest BCUT2D eigenvalue weighted by Crippen LogP contribution is -2.33. The summed E-state index contributed by atoms with van der Waals surface area (Å²) in [5.41, 5.74) is 7.73. The van der Waals surface area contributed by atoms with Gasteiger partial charge < -0.3 is 20.3 Å². The molecule has 1 aromatic carbocycles. The number of aromatic nitrogens is 3. The van der Waals surface area contributed by atoms with E-state index in [0.29, 0.717) is 16.4 Å². The van der Waals surface area contributed by atoms with E-state index in [1.165, 1.54) is 4.90 Å². The third-order valence-corrected chi connectivity index (χ3v) is 4.58. The van der Waals surface area contributed by atoms with Gasteiger partial charge in [0.1, 0.15) is 5.82 Å². The number of nitrogen functional groups attached to an aromatic ring is 1. The first-order valence-corrected chi connectivity index (χ1v) is 8.69. The molecule has 0 saturated carbocycles. The van der Waals surface area contributed by atoms with Gasteiger partial charge in [0.15, 0.2) is 0 Å². The van der Waals surface area contributed by atoms with Crippen molar-refractivity contribution in [1.82, 2.24) is 19.4 Å². The molecule has 0 fully saturated rings. The van der Waals surface area contributed by atoms with Crippen LogP contribution in [0, 0.1) is 6.92 Å². The smallest absolute Gasteiger partial charge is 0.255 e. The Labute approximate surface area is 162 Å². The van der Waals surface area contributed by atoms with E-state index >= 15 is 0 Å². The van der Waals surface area contributed by atoms with Crippen LogP contribution < -0.4 is 5.73 Å². The second kappa shape index (κ2) is 7.77. The number of nitrogens with two attached hydrogens (primary N) is 1. The summed E-state index contributed by atoms with van der Waals surface area (Å²) in [7, 11) is 1.65. The number of likely N-dealkylation sites (N-methyl/N-ethyl adjacent to an activating group) is 1. The maximum atomic E-state index is 12.9. The van der Waals surface area contributed by atoms with Crippen LogP contribution >= 0.6 is 11.6 Å². The monoisotopic (exact) mass is 385 g/mol. The molecule has 1 atom stereocenters. The Morgan fingerprint density at radius 2 is 2.19 bits per heavy atom. The average Bonchev–Trinajstić information content (AvgIpc) is 3.13. The number of aliphatic hydroxyl groups is 1. The zero-order valence-electron chi connectivity index (χ0n) is 15.0. The summed E-state index contributed by atoms with van der Waals surface area (Å²) >= 11 is 6.04. The van der Waals surface area contributed by atoms with Gasteiger partial charge in [0.05, 0.1) is 18.2 Å². The van der Waals surface area contributed by atoms with Gasteiger partial charge in [0.2, 0.25) is 5.95 Å². The highest BCUT2D eigenvalue weighted by atomic mass is 35.5. The van der Waals surface area contributed by atoms with Crippen LogP contribution in [0.5, 0.6) is 0 Å². The van der Waals surface area contributed by atoms with Gasteiger partial charge in [-0.25, -0.2) is 4.98 Å². The lowest BCUT2D eigenvalue weighted by atomic mass is 10.1. The van der Waals surface area contributed by atoms with Crippen LogP contribution in [0.4, 0.5) is 5.95 Å². The molecule has 0 aliphatic rings. The Morgan fingerprint density at radius 3 is 2.89 bits per heavy atom. The minimum absolute atomic E-state index is 0.163. The minimum atomic E-state index is -0.504. The first-order chi connectivity index (χ1) is 12.9. The van der Waals surface area contributed by atoms with Crippen LogP contribution in [-0.2, 0) is 0 Å². The van der Waals surface area contributed by atoms with Crippen LogP contribution in [0.15, 0.2) is 48.9 Å². The van der Waals surface area contributed by atoms with Crippen LogP contribution in [0.2, 0.25) is 5.02 Å². The van der Waals surface area contributed by atoms with Crippen LogP contribution in [-0.4, -0.2) is 44.1 Å². The Bertz CT molecular complexity index is 972. The summed E-state index contributed by atoms with van der Waals surface area (Å²) in [6.45, 7) is 1.65. The van der Waals surface area contributed by atoms with Crippen molar-refractivity contribution in [3.63, 3.8) is 0 Å². The number of carbonyl (C=O) groups is 1. The predicted molar refractivity (Wildman–Crippen MR) is 104 cm³/mol. The second-order valence-electron chi connectivity index (χ2n) is 6.21. The molecule has 2 aromatic heterocycles. The summed E-state index contributed by atoms with van der Waals surface area (Å²) in [6.07, 6.45) is 5.05. The van der Waals surface area contributed by atoms with E-state index in [1.807, 2.05) is 13.0 Å². The molecule has 2 heterocycles. The molecule has 1 amide bonds. The van der Waals surface area contributed by atoms with Crippen molar-refractivity contribution in [3.8, 4) is 5.82 Å². The summed E-state index contributed by atoms with van der Waals surface area (Å²) in [5, 5.41) is 10.4.